The molecule has 0 fully saturated rings. The van der Waals surface area contributed by atoms with Gasteiger partial charge >= 0.3 is 5.97 Å². The summed E-state index contributed by atoms with van der Waals surface area (Å²) in [5.74, 6) is 3.72. The zero-order chi connectivity index (χ0) is 9.14. The fourth-order valence-electron chi connectivity index (χ4n) is 0.756. The second kappa shape index (κ2) is 2.95. The number of carboxylic acids is 1. The van der Waals surface area contributed by atoms with Crippen LogP contribution in [0.2, 0.25) is 0 Å². The monoisotopic (exact) mass is 169 g/mol. The Morgan fingerprint density at radius 3 is 2.83 bits per heavy atom. The molecule has 1 heterocycles. The number of nitrogens with zero attached hydrogens (tertiary/aromatic N) is 2. The van der Waals surface area contributed by atoms with Gasteiger partial charge in [0.25, 0.3) is 0 Å². The average molecular weight is 169 g/mol. The number of nitrogens with two attached hydrogens (primary N) is 1. The van der Waals surface area contributed by atoms with E-state index in [-0.39, 0.29) is 10.9 Å². The lowest BCUT2D eigenvalue weighted by atomic mass is 10.3. The number of pyridine rings is 1. The maximum atomic E-state index is 10.5. The summed E-state index contributed by atoms with van der Waals surface area (Å²) in [6.45, 7) is 0. The van der Waals surface area contributed by atoms with Gasteiger partial charge in [-0.2, -0.15) is 5.10 Å². The van der Waals surface area contributed by atoms with Crippen LogP contribution in [0.3, 0.4) is 0 Å². The van der Waals surface area contributed by atoms with E-state index in [1.54, 1.807) is 0 Å². The number of carboxylic acid groups (broad SMARTS) is 1. The van der Waals surface area contributed by atoms with Crippen molar-refractivity contribution in [3.63, 3.8) is 0 Å². The van der Waals surface area contributed by atoms with Gasteiger partial charge in [-0.1, -0.05) is 0 Å². The van der Waals surface area contributed by atoms with E-state index in [1.807, 2.05) is 0 Å². The van der Waals surface area contributed by atoms with Gasteiger partial charge in [0.1, 0.15) is 10.9 Å². The third-order valence-electron chi connectivity index (χ3n) is 1.29. The lowest BCUT2D eigenvalue weighted by Crippen LogP contribution is -2.18. The fourth-order valence-corrected chi connectivity index (χ4v) is 0.756. The molecule has 0 aliphatic heterocycles. The summed E-state index contributed by atoms with van der Waals surface area (Å²) in [7, 11) is 0. The Hall–Kier alpha value is -1.98. The predicted octanol–water partition coefficient (Wildman–Crippen LogP) is -0.802. The molecule has 1 aromatic rings. The average Bonchev–Trinajstić information content (AvgIpc) is 2.04. The molecule has 0 aliphatic rings. The molecule has 0 radical (unpaired) electrons. The third-order valence-corrected chi connectivity index (χ3v) is 1.29. The Balaban J connectivity index is 3.43. The number of aromatic nitrogens is 1. The minimum atomic E-state index is -1.19. The van der Waals surface area contributed by atoms with Crippen molar-refractivity contribution < 1.29 is 15.1 Å². The van der Waals surface area contributed by atoms with Crippen molar-refractivity contribution >= 4 is 5.97 Å². The minimum Gasteiger partial charge on any atom is -0.478 e. The van der Waals surface area contributed by atoms with Gasteiger partial charge in [-0.25, -0.2) is 9.52 Å². The van der Waals surface area contributed by atoms with Crippen molar-refractivity contribution in [3.8, 4) is 0 Å². The minimum absolute atomic E-state index is 0.118. The van der Waals surface area contributed by atoms with Crippen LogP contribution in [0.1, 0.15) is 10.4 Å². The van der Waals surface area contributed by atoms with Crippen molar-refractivity contribution in [3.05, 3.63) is 29.4 Å². The zero-order valence-electron chi connectivity index (χ0n) is 6.01. The van der Waals surface area contributed by atoms with Crippen molar-refractivity contribution in [1.29, 1.82) is 0 Å². The van der Waals surface area contributed by atoms with Crippen LogP contribution in [0.25, 0.3) is 0 Å². The molecule has 4 N–H and O–H groups in total. The lowest BCUT2D eigenvalue weighted by molar-refractivity contribution is 0.0689. The molecule has 0 unspecified atom stereocenters. The number of hydrogen-bond donors (Lipinski definition) is 3. The van der Waals surface area contributed by atoms with Crippen LogP contribution < -0.4 is 11.2 Å². The summed E-state index contributed by atoms with van der Waals surface area (Å²) in [6, 6.07) is 1.30. The summed E-state index contributed by atoms with van der Waals surface area (Å²) >= 11 is 0. The molecule has 64 valence electrons. The maximum absolute atomic E-state index is 10.5. The van der Waals surface area contributed by atoms with Gasteiger partial charge in [0.2, 0.25) is 0 Å². The standard InChI is InChI=1S/C6H7N3O3/c7-8-5-1-2-9(12)3-4(5)6(10)11/h1-3,12H,7H2,(H,10,11). The van der Waals surface area contributed by atoms with Gasteiger partial charge < -0.3 is 16.2 Å². The first-order valence-corrected chi connectivity index (χ1v) is 3.04. The second-order valence-electron chi connectivity index (χ2n) is 2.06. The van der Waals surface area contributed by atoms with E-state index in [0.717, 1.165) is 6.20 Å². The van der Waals surface area contributed by atoms with Crippen molar-refractivity contribution in [2.24, 2.45) is 10.9 Å². The van der Waals surface area contributed by atoms with Crippen LogP contribution in [-0.2, 0) is 0 Å². The summed E-state index contributed by atoms with van der Waals surface area (Å²) in [5.41, 5.74) is -0.150. The molecule has 6 heteroatoms. The Labute approximate surface area is 67.1 Å². The Morgan fingerprint density at radius 2 is 2.33 bits per heavy atom. The number of aromatic carboxylic acids is 1. The van der Waals surface area contributed by atoms with Gasteiger partial charge in [-0.05, 0) is 6.07 Å². The second-order valence-corrected chi connectivity index (χ2v) is 2.06. The van der Waals surface area contributed by atoms with Gasteiger partial charge in [-0.15, -0.1) is 0 Å². The highest BCUT2D eigenvalue weighted by atomic mass is 16.5. The number of rotatable bonds is 1. The van der Waals surface area contributed by atoms with E-state index in [1.165, 1.54) is 12.3 Å². The number of carbonyl (C=O) groups is 1. The predicted molar refractivity (Wildman–Crippen MR) is 38.3 cm³/mol. The molecule has 0 saturated heterocycles. The lowest BCUT2D eigenvalue weighted by Gasteiger charge is -1.98. The van der Waals surface area contributed by atoms with Crippen LogP contribution in [-0.4, -0.2) is 21.0 Å². The highest BCUT2D eigenvalue weighted by molar-refractivity contribution is 5.86. The van der Waals surface area contributed by atoms with Crippen LogP contribution in [0.15, 0.2) is 23.6 Å². The molecule has 0 bridgehead atoms. The molecule has 0 atom stereocenters. The molecule has 1 aromatic heterocycles. The summed E-state index contributed by atoms with van der Waals surface area (Å²) in [4.78, 5) is 10.5. The highest BCUT2D eigenvalue weighted by Crippen LogP contribution is 1.89. The first kappa shape index (κ1) is 8.12. The van der Waals surface area contributed by atoms with Crippen LogP contribution in [0.4, 0.5) is 0 Å². The summed E-state index contributed by atoms with van der Waals surface area (Å²) in [5, 5.41) is 20.8. The van der Waals surface area contributed by atoms with Gasteiger partial charge in [0.05, 0.1) is 6.20 Å². The van der Waals surface area contributed by atoms with Gasteiger partial charge in [0.15, 0.2) is 0 Å². The van der Waals surface area contributed by atoms with E-state index in [9.17, 15) is 4.79 Å². The van der Waals surface area contributed by atoms with E-state index in [0.29, 0.717) is 4.73 Å². The molecule has 0 saturated carbocycles. The third kappa shape index (κ3) is 1.36. The fraction of sp³-hybridized carbons (Fsp3) is 0. The topological polar surface area (TPSA) is 101 Å². The van der Waals surface area contributed by atoms with Crippen molar-refractivity contribution in [2.75, 3.05) is 0 Å². The summed E-state index contributed by atoms with van der Waals surface area (Å²) < 4.78 is 0.623. The molecule has 1 rings (SSSR count). The van der Waals surface area contributed by atoms with Crippen molar-refractivity contribution in [2.45, 2.75) is 0 Å². The molecular formula is C6H7N3O3. The summed E-state index contributed by atoms with van der Waals surface area (Å²) in [6.07, 6.45) is 2.24. The van der Waals surface area contributed by atoms with E-state index in [2.05, 4.69) is 5.10 Å². The number of hydrogen-bond acceptors (Lipinski definition) is 4. The van der Waals surface area contributed by atoms with Crippen LogP contribution in [0, 0.1) is 0 Å². The quantitative estimate of drug-likeness (QED) is 0.291. The molecule has 0 spiro atoms. The largest absolute Gasteiger partial charge is 0.478 e. The van der Waals surface area contributed by atoms with Gasteiger partial charge in [0, 0.05) is 6.20 Å². The van der Waals surface area contributed by atoms with E-state index >= 15 is 0 Å². The van der Waals surface area contributed by atoms with Crippen molar-refractivity contribution in [1.82, 2.24) is 4.73 Å². The maximum Gasteiger partial charge on any atom is 0.339 e. The van der Waals surface area contributed by atoms with E-state index < -0.39 is 5.97 Å². The SMILES string of the molecule is NN=c1ccn(O)cc1C(=O)O. The van der Waals surface area contributed by atoms with Gasteiger partial charge in [-0.3, -0.25) is 0 Å². The zero-order valence-corrected chi connectivity index (χ0v) is 6.01. The molecule has 0 aliphatic carbocycles. The molecule has 0 aromatic carbocycles. The first-order valence-electron chi connectivity index (χ1n) is 3.04. The van der Waals surface area contributed by atoms with E-state index in [4.69, 9.17) is 16.2 Å². The highest BCUT2D eigenvalue weighted by Gasteiger charge is 2.05. The Kier molecular flexibility index (Phi) is 2.00. The molecular weight excluding hydrogens is 162 g/mol. The smallest absolute Gasteiger partial charge is 0.339 e. The molecule has 6 nitrogen and oxygen atoms in total. The Bertz CT molecular complexity index is 369. The molecule has 12 heavy (non-hydrogen) atoms. The van der Waals surface area contributed by atoms with Crippen LogP contribution in [0.5, 0.6) is 0 Å². The van der Waals surface area contributed by atoms with Crippen LogP contribution >= 0.6 is 0 Å². The molecule has 0 amide bonds. The normalized spacial score (nSPS) is 11.5. The Morgan fingerprint density at radius 1 is 1.67 bits per heavy atom. The first-order chi connectivity index (χ1) is 5.65.